The molecule has 0 saturated carbocycles. The van der Waals surface area contributed by atoms with Gasteiger partial charge in [0.05, 0.1) is 31.8 Å². The number of ether oxygens (including phenoxy) is 2. The van der Waals surface area contributed by atoms with Crippen LogP contribution in [0.3, 0.4) is 0 Å². The Bertz CT molecular complexity index is 1260. The van der Waals surface area contributed by atoms with E-state index in [1.165, 1.54) is 0 Å². The highest BCUT2D eigenvalue weighted by Gasteiger charge is 2.22. The molecule has 3 aromatic heterocycles. The van der Waals surface area contributed by atoms with E-state index in [-0.39, 0.29) is 6.61 Å². The first kappa shape index (κ1) is 21.5. The van der Waals surface area contributed by atoms with Crippen molar-refractivity contribution in [2.45, 2.75) is 20.1 Å². The quantitative estimate of drug-likeness (QED) is 0.457. The second-order valence-corrected chi connectivity index (χ2v) is 7.99. The first-order valence-corrected chi connectivity index (χ1v) is 11.0. The van der Waals surface area contributed by atoms with Crippen molar-refractivity contribution in [2.24, 2.45) is 0 Å². The van der Waals surface area contributed by atoms with Crippen LogP contribution in [0, 0.1) is 6.92 Å². The maximum absolute atomic E-state index is 10.0. The Balaban J connectivity index is 1.65. The Morgan fingerprint density at radius 3 is 2.76 bits per heavy atom. The molecule has 0 bridgehead atoms. The number of methoxy groups -OCH3 is 1. The van der Waals surface area contributed by atoms with Gasteiger partial charge in [0.15, 0.2) is 23.1 Å². The fraction of sp³-hybridized carbons (Fsp3) is 0.391. The zero-order chi connectivity index (χ0) is 22.8. The second kappa shape index (κ2) is 9.26. The average Bonchev–Trinajstić information content (AvgIpc) is 3.47. The van der Waals surface area contributed by atoms with Gasteiger partial charge in [-0.2, -0.15) is 4.68 Å². The van der Waals surface area contributed by atoms with Gasteiger partial charge in [-0.15, -0.1) is 5.10 Å². The number of hydrogen-bond donors (Lipinski definition) is 1. The lowest BCUT2D eigenvalue weighted by Gasteiger charge is -2.29. The predicted molar refractivity (Wildman–Crippen MR) is 123 cm³/mol. The molecule has 172 valence electrons. The lowest BCUT2D eigenvalue weighted by molar-refractivity contribution is 0.123. The zero-order valence-electron chi connectivity index (χ0n) is 18.8. The number of aromatic nitrogens is 6. The number of morpholine rings is 1. The summed E-state index contributed by atoms with van der Waals surface area (Å²) in [5.74, 6) is 1.55. The van der Waals surface area contributed by atoms with Gasteiger partial charge in [-0.1, -0.05) is 23.8 Å². The van der Waals surface area contributed by atoms with Gasteiger partial charge in [-0.05, 0) is 13.0 Å². The lowest BCUT2D eigenvalue weighted by Crippen LogP contribution is -2.36. The molecule has 4 aromatic rings. The van der Waals surface area contributed by atoms with Gasteiger partial charge in [0.1, 0.15) is 12.1 Å². The van der Waals surface area contributed by atoms with Crippen molar-refractivity contribution in [3.63, 3.8) is 0 Å². The normalized spacial score (nSPS) is 14.3. The molecular weight excluding hydrogens is 422 g/mol. The van der Waals surface area contributed by atoms with Crippen molar-refractivity contribution in [1.29, 1.82) is 0 Å². The maximum Gasteiger partial charge on any atom is 0.182 e. The van der Waals surface area contributed by atoms with Crippen LogP contribution in [0.25, 0.3) is 28.4 Å². The Labute approximate surface area is 191 Å². The first-order chi connectivity index (χ1) is 16.2. The van der Waals surface area contributed by atoms with E-state index < -0.39 is 0 Å². The molecule has 1 aliphatic heterocycles. The van der Waals surface area contributed by atoms with E-state index in [9.17, 15) is 5.11 Å². The monoisotopic (exact) mass is 449 g/mol. The summed E-state index contributed by atoms with van der Waals surface area (Å²) in [5, 5.41) is 14.8. The summed E-state index contributed by atoms with van der Waals surface area (Å²) in [5.41, 5.74) is 4.53. The van der Waals surface area contributed by atoms with Crippen LogP contribution in [0.15, 0.2) is 36.7 Å². The van der Waals surface area contributed by atoms with Crippen LogP contribution < -0.4 is 4.90 Å². The molecule has 33 heavy (non-hydrogen) atoms. The van der Waals surface area contributed by atoms with Gasteiger partial charge in [0, 0.05) is 38.4 Å². The minimum atomic E-state index is -0.256. The first-order valence-electron chi connectivity index (χ1n) is 11.0. The highest BCUT2D eigenvalue weighted by molar-refractivity contribution is 5.87. The number of benzene rings is 1. The number of nitrogens with zero attached hydrogens (tertiary/aromatic N) is 7. The predicted octanol–water partition coefficient (Wildman–Crippen LogP) is 1.96. The molecule has 1 aromatic carbocycles. The smallest absolute Gasteiger partial charge is 0.182 e. The Morgan fingerprint density at radius 1 is 1.15 bits per heavy atom. The molecule has 5 rings (SSSR count). The molecule has 0 radical (unpaired) electrons. The van der Waals surface area contributed by atoms with Crippen molar-refractivity contribution in [3.8, 4) is 17.2 Å². The van der Waals surface area contributed by atoms with Gasteiger partial charge in [0.25, 0.3) is 0 Å². The van der Waals surface area contributed by atoms with E-state index >= 15 is 0 Å². The number of rotatable bonds is 7. The third-order valence-corrected chi connectivity index (χ3v) is 5.74. The molecule has 0 aliphatic carbocycles. The number of imidazole rings is 1. The minimum Gasteiger partial charge on any atom is -0.388 e. The number of anilines is 1. The highest BCUT2D eigenvalue weighted by Crippen LogP contribution is 2.29. The van der Waals surface area contributed by atoms with Crippen molar-refractivity contribution in [1.82, 2.24) is 29.3 Å². The summed E-state index contributed by atoms with van der Waals surface area (Å²) < 4.78 is 14.4. The second-order valence-electron chi connectivity index (χ2n) is 7.99. The molecule has 10 nitrogen and oxygen atoms in total. The fourth-order valence-corrected chi connectivity index (χ4v) is 4.05. The minimum absolute atomic E-state index is 0.256. The third-order valence-electron chi connectivity index (χ3n) is 5.74. The Kier molecular flexibility index (Phi) is 6.03. The molecule has 10 heteroatoms. The van der Waals surface area contributed by atoms with Crippen LogP contribution in [0.4, 0.5) is 5.69 Å². The maximum atomic E-state index is 10.0. The molecule has 0 spiro atoms. The number of pyridine rings is 1. The number of aliphatic hydroxyl groups is 1. The average molecular weight is 450 g/mol. The number of aliphatic hydroxyl groups excluding tert-OH is 1. The number of aryl methyl sites for hydroxylation is 1. The van der Waals surface area contributed by atoms with Crippen molar-refractivity contribution < 1.29 is 14.6 Å². The lowest BCUT2D eigenvalue weighted by atomic mass is 10.1. The van der Waals surface area contributed by atoms with E-state index in [0.29, 0.717) is 43.8 Å². The van der Waals surface area contributed by atoms with E-state index in [1.54, 1.807) is 18.1 Å². The van der Waals surface area contributed by atoms with Gasteiger partial charge < -0.3 is 24.0 Å². The molecular formula is C23H27N7O3. The topological polar surface area (TPSA) is 103 Å². The number of fused-ring (bicyclic) bond motifs is 1. The Morgan fingerprint density at radius 2 is 2.00 bits per heavy atom. The van der Waals surface area contributed by atoms with Crippen LogP contribution in [0.1, 0.15) is 11.4 Å². The Hall–Kier alpha value is -3.34. The van der Waals surface area contributed by atoms with Gasteiger partial charge in [-0.25, -0.2) is 15.0 Å². The molecule has 0 unspecified atom stereocenters. The highest BCUT2D eigenvalue weighted by atomic mass is 16.5. The van der Waals surface area contributed by atoms with Crippen molar-refractivity contribution in [2.75, 3.05) is 44.9 Å². The van der Waals surface area contributed by atoms with E-state index in [0.717, 1.165) is 41.1 Å². The summed E-state index contributed by atoms with van der Waals surface area (Å²) in [6.07, 6.45) is 1.79. The molecule has 1 N–H and O–H groups in total. The standard InChI is InChI=1S/C23H27N7O3/c1-16-4-3-5-17(12-16)22-25-20(14-31)30(27-22)19-13-18(28-7-10-33-11-8-28)21-23(26-19)29(15-24-21)6-9-32-2/h3-5,12-13,15,31H,6-11,14H2,1-2H3. The van der Waals surface area contributed by atoms with Gasteiger partial charge in [-0.3, -0.25) is 0 Å². The SMILES string of the molecule is COCCn1cnc2c(N3CCOCC3)cc(-n3nc(-c4cccc(C)c4)nc3CO)nc21. The van der Waals surface area contributed by atoms with Gasteiger partial charge >= 0.3 is 0 Å². The molecule has 0 amide bonds. The van der Waals surface area contributed by atoms with Crippen molar-refractivity contribution >= 4 is 16.9 Å². The van der Waals surface area contributed by atoms with Gasteiger partial charge in [0.2, 0.25) is 0 Å². The van der Waals surface area contributed by atoms with Crippen LogP contribution in [-0.4, -0.2) is 74.4 Å². The largest absolute Gasteiger partial charge is 0.388 e. The molecule has 0 atom stereocenters. The van der Waals surface area contributed by atoms with E-state index in [2.05, 4.69) is 14.9 Å². The van der Waals surface area contributed by atoms with Crippen LogP contribution in [0.2, 0.25) is 0 Å². The van der Waals surface area contributed by atoms with Crippen molar-refractivity contribution in [3.05, 3.63) is 48.0 Å². The van der Waals surface area contributed by atoms with E-state index in [4.69, 9.17) is 19.6 Å². The molecule has 1 saturated heterocycles. The third kappa shape index (κ3) is 4.20. The van der Waals surface area contributed by atoms with Crippen LogP contribution in [-0.2, 0) is 22.6 Å². The summed E-state index contributed by atoms with van der Waals surface area (Å²) >= 11 is 0. The van der Waals surface area contributed by atoms with Crippen LogP contribution >= 0.6 is 0 Å². The summed E-state index contributed by atoms with van der Waals surface area (Å²) in [7, 11) is 1.67. The summed E-state index contributed by atoms with van der Waals surface area (Å²) in [6, 6.07) is 9.95. The van der Waals surface area contributed by atoms with Crippen LogP contribution in [0.5, 0.6) is 0 Å². The molecule has 1 aliphatic rings. The molecule has 1 fully saturated rings. The summed E-state index contributed by atoms with van der Waals surface area (Å²) in [4.78, 5) is 16.4. The number of hydrogen-bond acceptors (Lipinski definition) is 8. The fourth-order valence-electron chi connectivity index (χ4n) is 4.05. The zero-order valence-corrected chi connectivity index (χ0v) is 18.8. The van der Waals surface area contributed by atoms with E-state index in [1.807, 2.05) is 41.8 Å². The summed E-state index contributed by atoms with van der Waals surface area (Å²) in [6.45, 7) is 5.80. The molecule has 4 heterocycles.